The normalized spacial score (nSPS) is 23.6. The van der Waals surface area contributed by atoms with E-state index in [2.05, 4.69) is 0 Å². The summed E-state index contributed by atoms with van der Waals surface area (Å²) in [5.41, 5.74) is 6.10. The second-order valence-electron chi connectivity index (χ2n) is 3.74. The molecule has 2 N–H and O–H groups in total. The van der Waals surface area contributed by atoms with Gasteiger partial charge in [-0.3, -0.25) is 4.31 Å². The Bertz CT molecular complexity index is 472. The van der Waals surface area contributed by atoms with E-state index in [9.17, 15) is 8.42 Å². The largest absolute Gasteiger partial charge is 0.329 e. The molecule has 1 saturated heterocycles. The number of rotatable bonds is 2. The first kappa shape index (κ1) is 11.7. The van der Waals surface area contributed by atoms with Crippen LogP contribution in [0.4, 0.5) is 5.69 Å². The van der Waals surface area contributed by atoms with Gasteiger partial charge >= 0.3 is 0 Å². The number of anilines is 1. The minimum absolute atomic E-state index is 0.173. The van der Waals surface area contributed by atoms with Crippen LogP contribution >= 0.6 is 11.6 Å². The van der Waals surface area contributed by atoms with Crippen molar-refractivity contribution in [1.29, 1.82) is 0 Å². The van der Waals surface area contributed by atoms with Crippen LogP contribution in [0.5, 0.6) is 0 Å². The molecule has 0 saturated carbocycles. The van der Waals surface area contributed by atoms with E-state index in [0.717, 1.165) is 0 Å². The first-order valence-corrected chi connectivity index (χ1v) is 6.91. The molecule has 0 spiro atoms. The van der Waals surface area contributed by atoms with E-state index in [1.807, 2.05) is 0 Å². The van der Waals surface area contributed by atoms with Crippen molar-refractivity contribution in [3.05, 3.63) is 29.3 Å². The maximum Gasteiger partial charge on any atom is 0.239 e. The molecule has 1 fully saturated rings. The fraction of sp³-hybridized carbons (Fsp3) is 0.400. The van der Waals surface area contributed by atoms with E-state index in [1.165, 1.54) is 4.31 Å². The molecule has 0 aromatic heterocycles. The second-order valence-corrected chi connectivity index (χ2v) is 6.31. The molecule has 2 rings (SSSR count). The van der Waals surface area contributed by atoms with Crippen LogP contribution in [0.1, 0.15) is 6.42 Å². The summed E-state index contributed by atoms with van der Waals surface area (Å²) in [6.07, 6.45) is 0.585. The van der Waals surface area contributed by atoms with Gasteiger partial charge in [-0.15, -0.1) is 0 Å². The molecule has 1 unspecified atom stereocenters. The van der Waals surface area contributed by atoms with Gasteiger partial charge in [-0.2, -0.15) is 0 Å². The monoisotopic (exact) mass is 260 g/mol. The second kappa shape index (κ2) is 4.24. The first-order chi connectivity index (χ1) is 7.55. The van der Waals surface area contributed by atoms with Crippen molar-refractivity contribution >= 4 is 27.3 Å². The molecule has 1 heterocycles. The SMILES string of the molecule is NCC1CCN(c2ccc(Cl)cc2)S1(=O)=O. The third kappa shape index (κ3) is 1.90. The van der Waals surface area contributed by atoms with E-state index >= 15 is 0 Å². The highest BCUT2D eigenvalue weighted by atomic mass is 35.5. The van der Waals surface area contributed by atoms with Crippen LogP contribution in [0.3, 0.4) is 0 Å². The summed E-state index contributed by atoms with van der Waals surface area (Å²) < 4.78 is 25.4. The molecule has 1 aromatic carbocycles. The van der Waals surface area contributed by atoms with E-state index in [0.29, 0.717) is 23.7 Å². The average Bonchev–Trinajstić information content (AvgIpc) is 2.54. The Kier molecular flexibility index (Phi) is 3.10. The predicted molar refractivity (Wildman–Crippen MR) is 65.2 cm³/mol. The number of hydrogen-bond donors (Lipinski definition) is 1. The molecule has 88 valence electrons. The molecule has 1 aromatic rings. The van der Waals surface area contributed by atoms with E-state index in [1.54, 1.807) is 24.3 Å². The fourth-order valence-electron chi connectivity index (χ4n) is 1.84. The third-order valence-corrected chi connectivity index (χ3v) is 5.29. The number of halogens is 1. The fourth-order valence-corrected chi connectivity index (χ4v) is 3.75. The van der Waals surface area contributed by atoms with Crippen molar-refractivity contribution in [1.82, 2.24) is 0 Å². The minimum atomic E-state index is -3.28. The molecule has 4 nitrogen and oxygen atoms in total. The molecule has 6 heteroatoms. The summed E-state index contributed by atoms with van der Waals surface area (Å²) >= 11 is 5.76. The minimum Gasteiger partial charge on any atom is -0.329 e. The van der Waals surface area contributed by atoms with Gasteiger partial charge in [-0.25, -0.2) is 8.42 Å². The Morgan fingerprint density at radius 1 is 1.38 bits per heavy atom. The summed E-state index contributed by atoms with van der Waals surface area (Å²) in [4.78, 5) is 0. The maximum absolute atomic E-state index is 12.0. The van der Waals surface area contributed by atoms with Gasteiger partial charge in [-0.05, 0) is 30.7 Å². The third-order valence-electron chi connectivity index (χ3n) is 2.76. The van der Waals surface area contributed by atoms with Gasteiger partial charge in [0.05, 0.1) is 10.9 Å². The Morgan fingerprint density at radius 2 is 2.00 bits per heavy atom. The zero-order chi connectivity index (χ0) is 11.8. The lowest BCUT2D eigenvalue weighted by atomic mass is 10.3. The molecule has 1 atom stereocenters. The van der Waals surface area contributed by atoms with Crippen LogP contribution in [0.15, 0.2) is 24.3 Å². The molecule has 16 heavy (non-hydrogen) atoms. The van der Waals surface area contributed by atoms with Gasteiger partial charge in [0.25, 0.3) is 0 Å². The van der Waals surface area contributed by atoms with Crippen LogP contribution in [-0.2, 0) is 10.0 Å². The number of nitrogens with two attached hydrogens (primary N) is 1. The van der Waals surface area contributed by atoms with Crippen molar-refractivity contribution in [3.8, 4) is 0 Å². The van der Waals surface area contributed by atoms with Crippen LogP contribution in [0.25, 0.3) is 0 Å². The highest BCUT2D eigenvalue weighted by molar-refractivity contribution is 7.93. The lowest BCUT2D eigenvalue weighted by molar-refractivity contribution is 0.588. The van der Waals surface area contributed by atoms with Crippen molar-refractivity contribution in [3.63, 3.8) is 0 Å². The number of sulfonamides is 1. The topological polar surface area (TPSA) is 63.4 Å². The van der Waals surface area contributed by atoms with Crippen molar-refractivity contribution in [2.24, 2.45) is 5.73 Å². The van der Waals surface area contributed by atoms with Crippen LogP contribution in [0, 0.1) is 0 Å². The molecule has 0 bridgehead atoms. The van der Waals surface area contributed by atoms with Crippen LogP contribution < -0.4 is 10.0 Å². The average molecular weight is 261 g/mol. The first-order valence-electron chi connectivity index (χ1n) is 5.03. The quantitative estimate of drug-likeness (QED) is 0.869. The van der Waals surface area contributed by atoms with Gasteiger partial charge in [0, 0.05) is 18.1 Å². The standard InChI is InChI=1S/C10H13ClN2O2S/c11-8-1-3-9(4-2-8)13-6-5-10(7-12)16(13,14)15/h1-4,10H,5-7,12H2. The number of nitrogens with zero attached hydrogens (tertiary/aromatic N) is 1. The number of benzene rings is 1. The molecular weight excluding hydrogens is 248 g/mol. The number of hydrogen-bond acceptors (Lipinski definition) is 3. The molecule has 0 radical (unpaired) electrons. The van der Waals surface area contributed by atoms with Gasteiger partial charge in [-0.1, -0.05) is 11.6 Å². The van der Waals surface area contributed by atoms with E-state index in [-0.39, 0.29) is 6.54 Å². The van der Waals surface area contributed by atoms with Crippen molar-refractivity contribution < 1.29 is 8.42 Å². The van der Waals surface area contributed by atoms with E-state index < -0.39 is 15.3 Å². The zero-order valence-electron chi connectivity index (χ0n) is 8.64. The molecular formula is C10H13ClN2O2S. The Hall–Kier alpha value is -0.780. The highest BCUT2D eigenvalue weighted by Gasteiger charge is 2.37. The predicted octanol–water partition coefficient (Wildman–Crippen LogP) is 1.21. The summed E-state index contributed by atoms with van der Waals surface area (Å²) in [6, 6.07) is 6.78. The van der Waals surface area contributed by atoms with Gasteiger partial charge in [0.1, 0.15) is 0 Å². The Labute approximate surface area is 100 Å². The van der Waals surface area contributed by atoms with Gasteiger partial charge in [0.15, 0.2) is 0 Å². The van der Waals surface area contributed by atoms with Gasteiger partial charge < -0.3 is 5.73 Å². The van der Waals surface area contributed by atoms with Crippen molar-refractivity contribution in [2.75, 3.05) is 17.4 Å². The van der Waals surface area contributed by atoms with Crippen LogP contribution in [0.2, 0.25) is 5.02 Å². The van der Waals surface area contributed by atoms with Gasteiger partial charge in [0.2, 0.25) is 10.0 Å². The summed E-state index contributed by atoms with van der Waals surface area (Å²) in [5, 5.41) is 0.138. The Morgan fingerprint density at radius 3 is 2.50 bits per heavy atom. The molecule has 1 aliphatic heterocycles. The Balaban J connectivity index is 2.33. The lowest BCUT2D eigenvalue weighted by Gasteiger charge is -2.18. The molecule has 0 aliphatic carbocycles. The molecule has 0 amide bonds. The smallest absolute Gasteiger partial charge is 0.239 e. The summed E-state index contributed by atoms with van der Waals surface area (Å²) in [5.74, 6) is 0. The van der Waals surface area contributed by atoms with Crippen molar-refractivity contribution in [2.45, 2.75) is 11.7 Å². The molecule has 1 aliphatic rings. The summed E-state index contributed by atoms with van der Waals surface area (Å²) in [6.45, 7) is 0.665. The maximum atomic E-state index is 12.0. The summed E-state index contributed by atoms with van der Waals surface area (Å²) in [7, 11) is -3.28. The lowest BCUT2D eigenvalue weighted by Crippen LogP contribution is -2.33. The van der Waals surface area contributed by atoms with E-state index in [4.69, 9.17) is 17.3 Å². The van der Waals surface area contributed by atoms with Crippen LogP contribution in [-0.4, -0.2) is 26.8 Å². The highest BCUT2D eigenvalue weighted by Crippen LogP contribution is 2.28. The zero-order valence-corrected chi connectivity index (χ0v) is 10.2.